The number of piperidine rings is 1. The van der Waals surface area contributed by atoms with Crippen LogP contribution in [0.3, 0.4) is 0 Å². The molecule has 4 heteroatoms. The molecule has 0 spiro atoms. The smallest absolute Gasteiger partial charge is 0.130 e. The number of hydrogen-bond acceptors (Lipinski definition) is 4. The van der Waals surface area contributed by atoms with Gasteiger partial charge in [0, 0.05) is 31.0 Å². The number of nitrogens with zero attached hydrogens (tertiary/aromatic N) is 2. The van der Waals surface area contributed by atoms with Crippen molar-refractivity contribution in [3.63, 3.8) is 0 Å². The Morgan fingerprint density at radius 2 is 2.31 bits per heavy atom. The van der Waals surface area contributed by atoms with Crippen molar-refractivity contribution in [3.8, 4) is 0 Å². The fourth-order valence-electron chi connectivity index (χ4n) is 2.04. The minimum atomic E-state index is -0.181. The molecule has 16 heavy (non-hydrogen) atoms. The van der Waals surface area contributed by atoms with Crippen LogP contribution < -0.4 is 10.6 Å². The van der Waals surface area contributed by atoms with E-state index in [-0.39, 0.29) is 12.0 Å². The highest BCUT2D eigenvalue weighted by Crippen LogP contribution is 2.23. The van der Waals surface area contributed by atoms with Gasteiger partial charge in [0.2, 0.25) is 0 Å². The predicted octanol–water partition coefficient (Wildman–Crippen LogP) is 1.18. The molecule has 2 atom stereocenters. The van der Waals surface area contributed by atoms with Gasteiger partial charge in [0.25, 0.3) is 0 Å². The number of nitrogens with two attached hydrogens (primary N) is 1. The van der Waals surface area contributed by atoms with Crippen molar-refractivity contribution in [2.75, 3.05) is 23.7 Å². The van der Waals surface area contributed by atoms with E-state index in [1.165, 1.54) is 0 Å². The maximum atomic E-state index is 9.67. The van der Waals surface area contributed by atoms with Crippen LogP contribution in [0.4, 0.5) is 11.5 Å². The molecule has 4 nitrogen and oxygen atoms in total. The predicted molar refractivity (Wildman–Crippen MR) is 65.4 cm³/mol. The largest absolute Gasteiger partial charge is 0.398 e. The van der Waals surface area contributed by atoms with Crippen LogP contribution in [0.2, 0.25) is 0 Å². The molecule has 0 aromatic carbocycles. The first-order chi connectivity index (χ1) is 7.58. The molecule has 1 fully saturated rings. The number of aliphatic hydroxyl groups is 1. The van der Waals surface area contributed by atoms with Gasteiger partial charge < -0.3 is 15.7 Å². The Labute approximate surface area is 96.1 Å². The second-order valence-electron chi connectivity index (χ2n) is 4.68. The summed E-state index contributed by atoms with van der Waals surface area (Å²) in [4.78, 5) is 6.57. The summed E-state index contributed by atoms with van der Waals surface area (Å²) in [5.41, 5.74) is 7.66. The van der Waals surface area contributed by atoms with E-state index in [0.717, 1.165) is 36.6 Å². The molecule has 0 saturated carbocycles. The summed E-state index contributed by atoms with van der Waals surface area (Å²) in [6.07, 6.45) is 2.43. The number of nitrogen functional groups attached to an aromatic ring is 1. The lowest BCUT2D eigenvalue weighted by molar-refractivity contribution is 0.0969. The van der Waals surface area contributed by atoms with Crippen molar-refractivity contribution in [1.82, 2.24) is 4.98 Å². The van der Waals surface area contributed by atoms with Crippen molar-refractivity contribution < 1.29 is 5.11 Å². The fourth-order valence-corrected chi connectivity index (χ4v) is 2.04. The molecule has 0 aliphatic carbocycles. The van der Waals surface area contributed by atoms with Gasteiger partial charge in [-0.15, -0.1) is 0 Å². The number of rotatable bonds is 1. The number of aliphatic hydroxyl groups excluding tert-OH is 1. The van der Waals surface area contributed by atoms with Gasteiger partial charge in [-0.3, -0.25) is 0 Å². The number of aryl methyl sites for hydroxylation is 1. The van der Waals surface area contributed by atoms with E-state index >= 15 is 0 Å². The average Bonchev–Trinajstić information content (AvgIpc) is 2.26. The summed E-state index contributed by atoms with van der Waals surface area (Å²) < 4.78 is 0. The Morgan fingerprint density at radius 1 is 1.56 bits per heavy atom. The molecule has 1 aromatic heterocycles. The lowest BCUT2D eigenvalue weighted by Gasteiger charge is -2.35. The third-order valence-electron chi connectivity index (χ3n) is 3.31. The average molecular weight is 221 g/mol. The summed E-state index contributed by atoms with van der Waals surface area (Å²) >= 11 is 0. The van der Waals surface area contributed by atoms with E-state index in [1.807, 2.05) is 13.0 Å². The van der Waals surface area contributed by atoms with Crippen LogP contribution in [-0.4, -0.2) is 29.3 Å². The molecule has 0 amide bonds. The zero-order valence-corrected chi connectivity index (χ0v) is 9.85. The zero-order valence-electron chi connectivity index (χ0n) is 9.85. The second-order valence-corrected chi connectivity index (χ2v) is 4.68. The molecular weight excluding hydrogens is 202 g/mol. The lowest BCUT2D eigenvalue weighted by atomic mass is 9.97. The van der Waals surface area contributed by atoms with Crippen molar-refractivity contribution in [3.05, 3.63) is 17.8 Å². The van der Waals surface area contributed by atoms with Gasteiger partial charge in [-0.05, 0) is 24.8 Å². The Hall–Kier alpha value is -1.29. The summed E-state index contributed by atoms with van der Waals surface area (Å²) in [5.74, 6) is 1.21. The third-order valence-corrected chi connectivity index (χ3v) is 3.31. The van der Waals surface area contributed by atoms with E-state index in [1.54, 1.807) is 6.20 Å². The Kier molecular flexibility index (Phi) is 3.01. The topological polar surface area (TPSA) is 62.4 Å². The summed E-state index contributed by atoms with van der Waals surface area (Å²) in [6.45, 7) is 5.71. The van der Waals surface area contributed by atoms with Crippen molar-refractivity contribution in [2.45, 2.75) is 26.4 Å². The fraction of sp³-hybridized carbons (Fsp3) is 0.583. The molecule has 1 aliphatic rings. The monoisotopic (exact) mass is 221 g/mol. The first-order valence-corrected chi connectivity index (χ1v) is 5.73. The Morgan fingerprint density at radius 3 is 2.94 bits per heavy atom. The van der Waals surface area contributed by atoms with Gasteiger partial charge in [0.05, 0.1) is 6.10 Å². The van der Waals surface area contributed by atoms with E-state index < -0.39 is 0 Å². The van der Waals surface area contributed by atoms with Crippen LogP contribution in [0.15, 0.2) is 12.3 Å². The van der Waals surface area contributed by atoms with Crippen LogP contribution in [0.25, 0.3) is 0 Å². The quantitative estimate of drug-likeness (QED) is 0.747. The molecule has 88 valence electrons. The third kappa shape index (κ3) is 2.11. The van der Waals surface area contributed by atoms with Gasteiger partial charge in [0.15, 0.2) is 0 Å². The summed E-state index contributed by atoms with van der Waals surface area (Å²) in [5, 5.41) is 9.67. The van der Waals surface area contributed by atoms with E-state index in [2.05, 4.69) is 16.8 Å². The first-order valence-electron chi connectivity index (χ1n) is 5.73. The zero-order chi connectivity index (χ0) is 11.7. The van der Waals surface area contributed by atoms with E-state index in [0.29, 0.717) is 0 Å². The normalized spacial score (nSPS) is 25.8. The summed E-state index contributed by atoms with van der Waals surface area (Å²) in [6, 6.07) is 1.92. The SMILES string of the molecule is Cc1cnc(N2CCC(O)C(C)C2)cc1N. The van der Waals surface area contributed by atoms with Gasteiger partial charge in [0.1, 0.15) is 5.82 Å². The van der Waals surface area contributed by atoms with Crippen LogP contribution in [-0.2, 0) is 0 Å². The van der Waals surface area contributed by atoms with Crippen LogP contribution in [0.5, 0.6) is 0 Å². The Balaban J connectivity index is 2.15. The van der Waals surface area contributed by atoms with Crippen LogP contribution >= 0.6 is 0 Å². The van der Waals surface area contributed by atoms with Gasteiger partial charge in [-0.2, -0.15) is 0 Å². The molecule has 1 aromatic rings. The van der Waals surface area contributed by atoms with Gasteiger partial charge in [-0.1, -0.05) is 6.92 Å². The minimum Gasteiger partial charge on any atom is -0.398 e. The van der Waals surface area contributed by atoms with Crippen LogP contribution in [0.1, 0.15) is 18.9 Å². The number of anilines is 2. The van der Waals surface area contributed by atoms with Gasteiger partial charge in [-0.25, -0.2) is 4.98 Å². The molecular formula is C12H19N3O. The highest BCUT2D eigenvalue weighted by atomic mass is 16.3. The number of pyridine rings is 1. The minimum absolute atomic E-state index is 0.181. The molecule has 2 unspecified atom stereocenters. The standard InChI is InChI=1S/C12H19N3O/c1-8-6-14-12(5-10(8)13)15-4-3-11(16)9(2)7-15/h5-6,9,11,16H,3-4,7H2,1-2H3,(H2,13,14). The summed E-state index contributed by atoms with van der Waals surface area (Å²) in [7, 11) is 0. The van der Waals surface area contributed by atoms with E-state index in [9.17, 15) is 5.11 Å². The van der Waals surface area contributed by atoms with E-state index in [4.69, 9.17) is 5.73 Å². The number of aromatic nitrogens is 1. The maximum Gasteiger partial charge on any atom is 0.130 e. The highest BCUT2D eigenvalue weighted by molar-refractivity contribution is 5.54. The van der Waals surface area contributed by atoms with Crippen molar-refractivity contribution in [2.24, 2.45) is 5.92 Å². The Bertz CT molecular complexity index is 381. The molecule has 3 N–H and O–H groups in total. The molecule has 2 rings (SSSR count). The molecule has 2 heterocycles. The molecule has 1 saturated heterocycles. The molecule has 1 aliphatic heterocycles. The maximum absolute atomic E-state index is 9.67. The van der Waals surface area contributed by atoms with Crippen molar-refractivity contribution >= 4 is 11.5 Å². The highest BCUT2D eigenvalue weighted by Gasteiger charge is 2.24. The lowest BCUT2D eigenvalue weighted by Crippen LogP contribution is -2.42. The van der Waals surface area contributed by atoms with Crippen molar-refractivity contribution in [1.29, 1.82) is 0 Å². The van der Waals surface area contributed by atoms with Crippen LogP contribution in [0, 0.1) is 12.8 Å². The number of hydrogen-bond donors (Lipinski definition) is 2. The van der Waals surface area contributed by atoms with Gasteiger partial charge >= 0.3 is 0 Å². The molecule has 0 radical (unpaired) electrons. The second kappa shape index (κ2) is 4.29. The first kappa shape index (κ1) is 11.2. The molecule has 0 bridgehead atoms.